The van der Waals surface area contributed by atoms with Gasteiger partial charge in [0, 0.05) is 23.5 Å². The molecule has 1 aromatic rings. The van der Waals surface area contributed by atoms with Crippen molar-refractivity contribution in [3.63, 3.8) is 0 Å². The second-order valence-corrected chi connectivity index (χ2v) is 6.99. The number of rotatable bonds is 5. The van der Waals surface area contributed by atoms with Crippen LogP contribution in [-0.4, -0.2) is 34.4 Å². The fourth-order valence-electron chi connectivity index (χ4n) is 3.04. The Labute approximate surface area is 132 Å². The van der Waals surface area contributed by atoms with Crippen LogP contribution in [0.25, 0.3) is 0 Å². The average Bonchev–Trinajstić information content (AvgIpc) is 2.93. The van der Waals surface area contributed by atoms with Crippen molar-refractivity contribution in [3.8, 4) is 0 Å². The first-order chi connectivity index (χ1) is 10.0. The van der Waals surface area contributed by atoms with Gasteiger partial charge in [0.25, 0.3) is 0 Å². The molecule has 3 atom stereocenters. The summed E-state index contributed by atoms with van der Waals surface area (Å²) in [6.45, 7) is 8.90. The van der Waals surface area contributed by atoms with E-state index in [0.29, 0.717) is 18.6 Å². The number of aromatic nitrogens is 1. The van der Waals surface area contributed by atoms with Gasteiger partial charge in [0.05, 0.1) is 17.2 Å². The molecule has 0 spiro atoms. The number of piperidine rings is 1. The summed E-state index contributed by atoms with van der Waals surface area (Å²) in [6.07, 6.45) is 4.45. The molecule has 0 radical (unpaired) electrons. The number of carbonyl (C=O) groups is 1. The van der Waals surface area contributed by atoms with Crippen LogP contribution in [0.3, 0.4) is 0 Å². The van der Waals surface area contributed by atoms with Crippen LogP contribution in [0, 0.1) is 0 Å². The van der Waals surface area contributed by atoms with Crippen molar-refractivity contribution in [2.45, 2.75) is 71.5 Å². The quantitative estimate of drug-likeness (QED) is 0.909. The van der Waals surface area contributed by atoms with Crippen LogP contribution in [0.2, 0.25) is 0 Å². The maximum atomic E-state index is 12.5. The molecule has 1 aliphatic rings. The van der Waals surface area contributed by atoms with E-state index >= 15 is 0 Å². The standard InChI is InChI=1S/C16H27N3OS/c1-5-15-18-14(10-21-15)13(4)17-9-16(20)19-11(2)7-6-8-12(19)3/h10-13,17H,5-9H2,1-4H3/t11-,12+,13-/m1/s1. The highest BCUT2D eigenvalue weighted by atomic mass is 32.1. The van der Waals surface area contributed by atoms with Gasteiger partial charge in [-0.3, -0.25) is 4.79 Å². The minimum Gasteiger partial charge on any atom is -0.336 e. The molecule has 1 fully saturated rings. The molecule has 1 aromatic heterocycles. The molecular weight excluding hydrogens is 282 g/mol. The first-order valence-electron chi connectivity index (χ1n) is 8.01. The first kappa shape index (κ1) is 16.4. The van der Waals surface area contributed by atoms with Crippen LogP contribution in [-0.2, 0) is 11.2 Å². The lowest BCUT2D eigenvalue weighted by atomic mass is 9.97. The van der Waals surface area contributed by atoms with Crippen molar-refractivity contribution in [1.82, 2.24) is 15.2 Å². The highest BCUT2D eigenvalue weighted by Gasteiger charge is 2.28. The molecule has 1 saturated heterocycles. The molecule has 2 heterocycles. The lowest BCUT2D eigenvalue weighted by Gasteiger charge is -2.39. The van der Waals surface area contributed by atoms with E-state index in [2.05, 4.69) is 48.3 Å². The zero-order valence-corrected chi connectivity index (χ0v) is 14.4. The van der Waals surface area contributed by atoms with Crippen LogP contribution in [0.4, 0.5) is 0 Å². The smallest absolute Gasteiger partial charge is 0.237 e. The molecule has 0 saturated carbocycles. The van der Waals surface area contributed by atoms with Crippen LogP contribution < -0.4 is 5.32 Å². The number of nitrogens with zero attached hydrogens (tertiary/aromatic N) is 2. The van der Waals surface area contributed by atoms with Gasteiger partial charge in [-0.2, -0.15) is 0 Å². The molecule has 0 unspecified atom stereocenters. The van der Waals surface area contributed by atoms with E-state index in [4.69, 9.17) is 0 Å². The van der Waals surface area contributed by atoms with Crippen molar-refractivity contribution >= 4 is 17.2 Å². The lowest BCUT2D eigenvalue weighted by molar-refractivity contribution is -0.136. The van der Waals surface area contributed by atoms with Crippen LogP contribution in [0.15, 0.2) is 5.38 Å². The summed E-state index contributed by atoms with van der Waals surface area (Å²) >= 11 is 1.69. The summed E-state index contributed by atoms with van der Waals surface area (Å²) in [5.74, 6) is 0.215. The Morgan fingerprint density at radius 3 is 2.71 bits per heavy atom. The third kappa shape index (κ3) is 4.04. The number of thiazole rings is 1. The van der Waals surface area contributed by atoms with Crippen molar-refractivity contribution in [3.05, 3.63) is 16.1 Å². The van der Waals surface area contributed by atoms with E-state index in [1.54, 1.807) is 11.3 Å². The number of amides is 1. The van der Waals surface area contributed by atoms with Gasteiger partial charge >= 0.3 is 0 Å². The van der Waals surface area contributed by atoms with E-state index in [1.807, 2.05) is 0 Å². The van der Waals surface area contributed by atoms with E-state index in [-0.39, 0.29) is 11.9 Å². The highest BCUT2D eigenvalue weighted by Crippen LogP contribution is 2.22. The molecule has 21 heavy (non-hydrogen) atoms. The average molecular weight is 309 g/mol. The Hall–Kier alpha value is -0.940. The topological polar surface area (TPSA) is 45.2 Å². The van der Waals surface area contributed by atoms with Gasteiger partial charge in [-0.25, -0.2) is 4.98 Å². The summed E-state index contributed by atoms with van der Waals surface area (Å²) in [6, 6.07) is 0.856. The number of likely N-dealkylation sites (tertiary alicyclic amines) is 1. The second-order valence-electron chi connectivity index (χ2n) is 6.05. The van der Waals surface area contributed by atoms with E-state index in [0.717, 1.165) is 30.0 Å². The van der Waals surface area contributed by atoms with Gasteiger partial charge in [0.1, 0.15) is 0 Å². The summed E-state index contributed by atoms with van der Waals surface area (Å²) in [5, 5.41) is 6.57. The number of aryl methyl sites for hydroxylation is 1. The number of hydrogen-bond acceptors (Lipinski definition) is 4. The number of hydrogen-bond donors (Lipinski definition) is 1. The number of nitrogens with one attached hydrogen (secondary N) is 1. The Balaban J connectivity index is 1.88. The Morgan fingerprint density at radius 1 is 1.48 bits per heavy atom. The lowest BCUT2D eigenvalue weighted by Crippen LogP contribution is -2.50. The summed E-state index contributed by atoms with van der Waals surface area (Å²) < 4.78 is 0. The van der Waals surface area contributed by atoms with Gasteiger partial charge in [-0.05, 0) is 46.5 Å². The zero-order chi connectivity index (χ0) is 15.4. The molecule has 2 rings (SSSR count). The summed E-state index contributed by atoms with van der Waals surface area (Å²) in [7, 11) is 0. The van der Waals surface area contributed by atoms with Gasteiger partial charge in [-0.1, -0.05) is 6.92 Å². The summed E-state index contributed by atoms with van der Waals surface area (Å²) in [5.41, 5.74) is 1.05. The van der Waals surface area contributed by atoms with Crippen molar-refractivity contribution < 1.29 is 4.79 Å². The molecule has 118 valence electrons. The monoisotopic (exact) mass is 309 g/mol. The molecule has 1 N–H and O–H groups in total. The predicted molar refractivity (Wildman–Crippen MR) is 87.5 cm³/mol. The van der Waals surface area contributed by atoms with Crippen molar-refractivity contribution in [2.75, 3.05) is 6.54 Å². The molecule has 0 aliphatic carbocycles. The SMILES string of the molecule is CCc1nc([C@@H](C)NCC(=O)N2[C@H](C)CCC[C@@H]2C)cs1. The fraction of sp³-hybridized carbons (Fsp3) is 0.750. The molecule has 0 aromatic carbocycles. The molecule has 1 aliphatic heterocycles. The van der Waals surface area contributed by atoms with Gasteiger partial charge in [0.2, 0.25) is 5.91 Å². The van der Waals surface area contributed by atoms with Crippen LogP contribution >= 0.6 is 11.3 Å². The van der Waals surface area contributed by atoms with E-state index < -0.39 is 0 Å². The zero-order valence-electron chi connectivity index (χ0n) is 13.6. The van der Waals surface area contributed by atoms with Gasteiger partial charge < -0.3 is 10.2 Å². The van der Waals surface area contributed by atoms with Gasteiger partial charge in [0.15, 0.2) is 0 Å². The number of carbonyl (C=O) groups excluding carboxylic acids is 1. The van der Waals surface area contributed by atoms with Crippen molar-refractivity contribution in [1.29, 1.82) is 0 Å². The molecule has 4 nitrogen and oxygen atoms in total. The van der Waals surface area contributed by atoms with Gasteiger partial charge in [-0.15, -0.1) is 11.3 Å². The van der Waals surface area contributed by atoms with E-state index in [1.165, 1.54) is 6.42 Å². The minimum absolute atomic E-state index is 0.126. The predicted octanol–water partition coefficient (Wildman–Crippen LogP) is 3.15. The second kappa shape index (κ2) is 7.36. The maximum absolute atomic E-state index is 12.5. The third-order valence-electron chi connectivity index (χ3n) is 4.36. The van der Waals surface area contributed by atoms with E-state index in [9.17, 15) is 4.79 Å². The van der Waals surface area contributed by atoms with Crippen molar-refractivity contribution in [2.24, 2.45) is 0 Å². The maximum Gasteiger partial charge on any atom is 0.237 e. The molecular formula is C16H27N3OS. The fourth-order valence-corrected chi connectivity index (χ4v) is 3.87. The largest absolute Gasteiger partial charge is 0.336 e. The minimum atomic E-state index is 0.126. The Kier molecular flexibility index (Phi) is 5.76. The summed E-state index contributed by atoms with van der Waals surface area (Å²) in [4.78, 5) is 19.1. The highest BCUT2D eigenvalue weighted by molar-refractivity contribution is 7.09. The molecule has 5 heteroatoms. The van der Waals surface area contributed by atoms with Crippen LogP contribution in [0.1, 0.15) is 63.7 Å². The van der Waals surface area contributed by atoms with Crippen LogP contribution in [0.5, 0.6) is 0 Å². The molecule has 1 amide bonds. The third-order valence-corrected chi connectivity index (χ3v) is 5.37. The first-order valence-corrected chi connectivity index (χ1v) is 8.89. The Bertz CT molecular complexity index is 464. The Morgan fingerprint density at radius 2 is 2.14 bits per heavy atom. The normalized spacial score (nSPS) is 24.1. The molecule has 0 bridgehead atoms.